The molecular formula is C9H13ClS. The fourth-order valence-corrected chi connectivity index (χ4v) is 2.12. The Balaban J connectivity index is 2.65. The standard InChI is InChI=1S/C9H13ClS/c1-3-7-4-5-8(11-2)6-9(7)10/h5-7H,3-4H2,1-2H3. The van der Waals surface area contributed by atoms with Crippen molar-refractivity contribution in [3.8, 4) is 0 Å². The van der Waals surface area contributed by atoms with Crippen molar-refractivity contribution in [2.24, 2.45) is 5.92 Å². The van der Waals surface area contributed by atoms with Crippen molar-refractivity contribution >= 4 is 23.4 Å². The van der Waals surface area contributed by atoms with Crippen LogP contribution in [0.2, 0.25) is 0 Å². The van der Waals surface area contributed by atoms with Gasteiger partial charge < -0.3 is 0 Å². The van der Waals surface area contributed by atoms with E-state index in [-0.39, 0.29) is 0 Å². The molecule has 1 atom stereocenters. The van der Waals surface area contributed by atoms with Gasteiger partial charge in [0, 0.05) is 9.94 Å². The molecule has 0 saturated heterocycles. The summed E-state index contributed by atoms with van der Waals surface area (Å²) in [6.07, 6.45) is 8.70. The zero-order valence-electron chi connectivity index (χ0n) is 6.93. The Morgan fingerprint density at radius 1 is 1.73 bits per heavy atom. The lowest BCUT2D eigenvalue weighted by Gasteiger charge is -2.16. The van der Waals surface area contributed by atoms with Crippen LogP contribution in [0, 0.1) is 5.92 Å². The van der Waals surface area contributed by atoms with E-state index in [1.807, 2.05) is 0 Å². The molecule has 0 bridgehead atoms. The van der Waals surface area contributed by atoms with E-state index in [9.17, 15) is 0 Å². The van der Waals surface area contributed by atoms with Gasteiger partial charge >= 0.3 is 0 Å². The van der Waals surface area contributed by atoms with Gasteiger partial charge in [0.2, 0.25) is 0 Å². The first-order valence-electron chi connectivity index (χ1n) is 3.89. The van der Waals surface area contributed by atoms with E-state index in [4.69, 9.17) is 11.6 Å². The number of hydrogen-bond donors (Lipinski definition) is 0. The van der Waals surface area contributed by atoms with Crippen molar-refractivity contribution in [3.05, 3.63) is 22.1 Å². The lowest BCUT2D eigenvalue weighted by atomic mass is 9.98. The molecule has 0 aromatic heterocycles. The molecule has 1 rings (SSSR count). The molecule has 0 saturated carbocycles. The molecule has 0 spiro atoms. The highest BCUT2D eigenvalue weighted by atomic mass is 35.5. The summed E-state index contributed by atoms with van der Waals surface area (Å²) in [5.74, 6) is 0.576. The molecule has 0 aromatic carbocycles. The predicted molar refractivity (Wildman–Crippen MR) is 53.9 cm³/mol. The van der Waals surface area contributed by atoms with Crippen LogP contribution in [0.25, 0.3) is 0 Å². The minimum Gasteiger partial charge on any atom is -0.130 e. The number of thioether (sulfide) groups is 1. The second kappa shape index (κ2) is 4.22. The monoisotopic (exact) mass is 188 g/mol. The molecule has 0 N–H and O–H groups in total. The maximum Gasteiger partial charge on any atom is 0.0225 e. The van der Waals surface area contributed by atoms with Gasteiger partial charge in [-0.1, -0.05) is 24.6 Å². The van der Waals surface area contributed by atoms with E-state index >= 15 is 0 Å². The normalized spacial score (nSPS) is 24.5. The van der Waals surface area contributed by atoms with E-state index in [1.54, 1.807) is 11.8 Å². The summed E-state index contributed by atoms with van der Waals surface area (Å²) in [7, 11) is 0. The van der Waals surface area contributed by atoms with Crippen LogP contribution in [-0.2, 0) is 0 Å². The molecule has 0 fully saturated rings. The van der Waals surface area contributed by atoms with Crippen LogP contribution in [-0.4, -0.2) is 6.26 Å². The fourth-order valence-electron chi connectivity index (χ4n) is 1.19. The zero-order chi connectivity index (χ0) is 8.27. The van der Waals surface area contributed by atoms with E-state index in [1.165, 1.54) is 4.91 Å². The highest BCUT2D eigenvalue weighted by Gasteiger charge is 2.13. The summed E-state index contributed by atoms with van der Waals surface area (Å²) in [5, 5.41) is 1.03. The second-order valence-electron chi connectivity index (χ2n) is 2.68. The molecule has 0 nitrogen and oxygen atoms in total. The SMILES string of the molecule is CCC1CC=C(SC)C=C1Cl. The molecule has 1 aliphatic carbocycles. The minimum atomic E-state index is 0.576. The Kier molecular flexibility index (Phi) is 3.53. The maximum atomic E-state index is 6.06. The quantitative estimate of drug-likeness (QED) is 0.636. The molecule has 1 unspecified atom stereocenters. The molecule has 0 aromatic rings. The van der Waals surface area contributed by atoms with Gasteiger partial charge in [-0.25, -0.2) is 0 Å². The van der Waals surface area contributed by atoms with Crippen LogP contribution in [0.1, 0.15) is 19.8 Å². The summed E-state index contributed by atoms with van der Waals surface area (Å²) in [6.45, 7) is 2.18. The van der Waals surface area contributed by atoms with Crippen LogP contribution in [0.3, 0.4) is 0 Å². The Labute approximate surface area is 77.7 Å². The largest absolute Gasteiger partial charge is 0.130 e. The second-order valence-corrected chi connectivity index (χ2v) is 4.00. The van der Waals surface area contributed by atoms with Crippen molar-refractivity contribution in [2.45, 2.75) is 19.8 Å². The topological polar surface area (TPSA) is 0 Å². The van der Waals surface area contributed by atoms with Gasteiger partial charge in [0.05, 0.1) is 0 Å². The van der Waals surface area contributed by atoms with E-state index < -0.39 is 0 Å². The van der Waals surface area contributed by atoms with E-state index in [2.05, 4.69) is 25.3 Å². The molecule has 0 aliphatic heterocycles. The molecule has 11 heavy (non-hydrogen) atoms. The Bertz CT molecular complexity index is 194. The number of allylic oxidation sites excluding steroid dienone is 3. The smallest absolute Gasteiger partial charge is 0.0225 e. The van der Waals surface area contributed by atoms with E-state index in [0.717, 1.165) is 17.9 Å². The van der Waals surface area contributed by atoms with Crippen LogP contribution < -0.4 is 0 Å². The first-order chi connectivity index (χ1) is 5.27. The zero-order valence-corrected chi connectivity index (χ0v) is 8.50. The van der Waals surface area contributed by atoms with Gasteiger partial charge in [-0.15, -0.1) is 11.8 Å². The van der Waals surface area contributed by atoms with E-state index in [0.29, 0.717) is 5.92 Å². The average molecular weight is 189 g/mol. The van der Waals surface area contributed by atoms with Crippen LogP contribution in [0.5, 0.6) is 0 Å². The number of hydrogen-bond acceptors (Lipinski definition) is 1. The summed E-state index contributed by atoms with van der Waals surface area (Å²) in [4.78, 5) is 1.31. The lowest BCUT2D eigenvalue weighted by molar-refractivity contribution is 0.620. The first kappa shape index (κ1) is 9.21. The summed E-state index contributed by atoms with van der Waals surface area (Å²) in [5.41, 5.74) is 0. The summed E-state index contributed by atoms with van der Waals surface area (Å²) >= 11 is 7.83. The van der Waals surface area contributed by atoms with Gasteiger partial charge in [0.15, 0.2) is 0 Å². The molecule has 1 aliphatic rings. The molecule has 0 amide bonds. The average Bonchev–Trinajstić information content (AvgIpc) is 2.04. The van der Waals surface area contributed by atoms with Gasteiger partial charge in [0.1, 0.15) is 0 Å². The third-order valence-electron chi connectivity index (χ3n) is 2.00. The predicted octanol–water partition coefficient (Wildman–Crippen LogP) is 3.79. The third kappa shape index (κ3) is 2.28. The third-order valence-corrected chi connectivity index (χ3v) is 3.18. The van der Waals surface area contributed by atoms with Crippen LogP contribution in [0.15, 0.2) is 22.1 Å². The van der Waals surface area contributed by atoms with Crippen molar-refractivity contribution in [3.63, 3.8) is 0 Å². The Morgan fingerprint density at radius 2 is 2.45 bits per heavy atom. The number of rotatable bonds is 2. The molecule has 0 heterocycles. The molecule has 0 radical (unpaired) electrons. The van der Waals surface area contributed by atoms with Crippen molar-refractivity contribution in [1.29, 1.82) is 0 Å². The first-order valence-corrected chi connectivity index (χ1v) is 5.49. The molecule has 62 valence electrons. The summed E-state index contributed by atoms with van der Waals surface area (Å²) in [6, 6.07) is 0. The maximum absolute atomic E-state index is 6.06. The van der Waals surface area contributed by atoms with Crippen molar-refractivity contribution in [1.82, 2.24) is 0 Å². The van der Waals surface area contributed by atoms with Gasteiger partial charge in [0.25, 0.3) is 0 Å². The Morgan fingerprint density at radius 3 is 2.91 bits per heavy atom. The van der Waals surface area contributed by atoms with Gasteiger partial charge in [-0.2, -0.15) is 0 Å². The van der Waals surface area contributed by atoms with Crippen molar-refractivity contribution in [2.75, 3.05) is 6.26 Å². The Hall–Kier alpha value is 0.120. The lowest BCUT2D eigenvalue weighted by Crippen LogP contribution is -2.01. The highest BCUT2D eigenvalue weighted by molar-refractivity contribution is 8.02. The summed E-state index contributed by atoms with van der Waals surface area (Å²) < 4.78 is 0. The van der Waals surface area contributed by atoms with Gasteiger partial charge in [-0.3, -0.25) is 0 Å². The van der Waals surface area contributed by atoms with Gasteiger partial charge in [-0.05, 0) is 31.1 Å². The van der Waals surface area contributed by atoms with Crippen molar-refractivity contribution < 1.29 is 0 Å². The van der Waals surface area contributed by atoms with Crippen LogP contribution >= 0.6 is 23.4 Å². The molecule has 2 heteroatoms. The fraction of sp³-hybridized carbons (Fsp3) is 0.556. The number of halogens is 1. The minimum absolute atomic E-state index is 0.576. The van der Waals surface area contributed by atoms with Crippen LogP contribution in [0.4, 0.5) is 0 Å². The highest BCUT2D eigenvalue weighted by Crippen LogP contribution is 2.32. The molecular weight excluding hydrogens is 176 g/mol.